The quantitative estimate of drug-likeness (QED) is 0.778. The number of aryl methyl sites for hydroxylation is 1. The molecular weight excluding hydrogens is 254 g/mol. The number of amides is 2. The van der Waals surface area contributed by atoms with Gasteiger partial charge in [-0.05, 0) is 20.0 Å². The van der Waals surface area contributed by atoms with Crippen LogP contribution in [0, 0.1) is 6.92 Å². The lowest BCUT2D eigenvalue weighted by Crippen LogP contribution is -2.42. The van der Waals surface area contributed by atoms with E-state index in [1.807, 2.05) is 24.7 Å². The first kappa shape index (κ1) is 16.5. The van der Waals surface area contributed by atoms with Crippen molar-refractivity contribution in [1.82, 2.24) is 24.7 Å². The average molecular weight is 281 g/mol. The Labute approximate surface area is 121 Å². The van der Waals surface area contributed by atoms with Crippen LogP contribution in [0.4, 0.5) is 4.79 Å². The average Bonchev–Trinajstić information content (AvgIpc) is 2.86. The molecule has 0 spiro atoms. The zero-order chi connectivity index (χ0) is 15.0. The van der Waals surface area contributed by atoms with Crippen molar-refractivity contribution in [3.63, 3.8) is 0 Å². The van der Waals surface area contributed by atoms with Crippen LogP contribution in [0.5, 0.6) is 0 Å². The monoisotopic (exact) mass is 281 g/mol. The van der Waals surface area contributed by atoms with Gasteiger partial charge in [-0.3, -0.25) is 0 Å². The molecule has 0 bridgehead atoms. The Morgan fingerprint density at radius 3 is 2.60 bits per heavy atom. The van der Waals surface area contributed by atoms with Crippen LogP contribution in [-0.4, -0.2) is 65.2 Å². The third-order valence-corrected chi connectivity index (χ3v) is 3.55. The third-order valence-electron chi connectivity index (χ3n) is 3.55. The molecule has 6 heteroatoms. The zero-order valence-corrected chi connectivity index (χ0v) is 13.1. The van der Waals surface area contributed by atoms with Crippen molar-refractivity contribution < 1.29 is 4.79 Å². The predicted octanol–water partition coefficient (Wildman–Crippen LogP) is 1.17. The molecule has 0 unspecified atom stereocenters. The van der Waals surface area contributed by atoms with Crippen LogP contribution < -0.4 is 5.32 Å². The van der Waals surface area contributed by atoms with Gasteiger partial charge < -0.3 is 19.7 Å². The van der Waals surface area contributed by atoms with Crippen molar-refractivity contribution in [3.8, 4) is 0 Å². The molecule has 0 aromatic carbocycles. The summed E-state index contributed by atoms with van der Waals surface area (Å²) < 4.78 is 2.04. The minimum Gasteiger partial charge on any atom is -0.337 e. The van der Waals surface area contributed by atoms with Gasteiger partial charge in [-0.25, -0.2) is 9.78 Å². The molecule has 1 N–H and O–H groups in total. The third kappa shape index (κ3) is 5.21. The first-order valence-corrected chi connectivity index (χ1v) is 7.27. The molecule has 6 nitrogen and oxygen atoms in total. The summed E-state index contributed by atoms with van der Waals surface area (Å²) in [6.45, 7) is 11.3. The fourth-order valence-electron chi connectivity index (χ4n) is 2.00. The second-order valence-corrected chi connectivity index (χ2v) is 4.85. The van der Waals surface area contributed by atoms with Crippen molar-refractivity contribution >= 4 is 6.03 Å². The number of carbonyl (C=O) groups excluding carboxylic acids is 1. The van der Waals surface area contributed by atoms with E-state index in [1.54, 1.807) is 11.1 Å². The number of hydrogen-bond acceptors (Lipinski definition) is 3. The van der Waals surface area contributed by atoms with Crippen molar-refractivity contribution in [2.45, 2.75) is 27.3 Å². The minimum atomic E-state index is -0.0186. The smallest absolute Gasteiger partial charge is 0.317 e. The summed E-state index contributed by atoms with van der Waals surface area (Å²) in [7, 11) is 1.82. The molecule has 2 amide bonds. The second-order valence-electron chi connectivity index (χ2n) is 4.85. The lowest BCUT2D eigenvalue weighted by atomic mass is 10.4. The molecule has 1 aromatic heterocycles. The molecule has 0 atom stereocenters. The molecular formula is C14H27N5O. The normalized spacial score (nSPS) is 10.8. The highest BCUT2D eigenvalue weighted by atomic mass is 16.2. The van der Waals surface area contributed by atoms with Gasteiger partial charge in [-0.2, -0.15) is 0 Å². The number of urea groups is 1. The summed E-state index contributed by atoms with van der Waals surface area (Å²) in [6, 6.07) is -0.0186. The summed E-state index contributed by atoms with van der Waals surface area (Å²) in [4.78, 5) is 20.1. The van der Waals surface area contributed by atoms with Gasteiger partial charge in [0.2, 0.25) is 0 Å². The molecule has 0 aliphatic heterocycles. The number of likely N-dealkylation sites (N-methyl/N-ethyl adjacent to an activating group) is 2. The molecule has 0 saturated carbocycles. The van der Waals surface area contributed by atoms with Crippen LogP contribution in [0.3, 0.4) is 0 Å². The van der Waals surface area contributed by atoms with Gasteiger partial charge in [-0.1, -0.05) is 13.8 Å². The van der Waals surface area contributed by atoms with E-state index in [0.29, 0.717) is 13.1 Å². The van der Waals surface area contributed by atoms with Gasteiger partial charge in [0.1, 0.15) is 5.82 Å². The Bertz CT molecular complexity index is 400. The predicted molar refractivity (Wildman–Crippen MR) is 80.8 cm³/mol. The fraction of sp³-hybridized carbons (Fsp3) is 0.714. The molecule has 0 aliphatic carbocycles. The first-order valence-electron chi connectivity index (χ1n) is 7.27. The number of aromatic nitrogens is 2. The molecule has 1 heterocycles. The lowest BCUT2D eigenvalue weighted by molar-refractivity contribution is 0.204. The van der Waals surface area contributed by atoms with Crippen LogP contribution in [0.25, 0.3) is 0 Å². The van der Waals surface area contributed by atoms with Gasteiger partial charge in [0.25, 0.3) is 0 Å². The van der Waals surface area contributed by atoms with Crippen molar-refractivity contribution in [2.24, 2.45) is 0 Å². The highest BCUT2D eigenvalue weighted by Gasteiger charge is 2.08. The fourth-order valence-corrected chi connectivity index (χ4v) is 2.00. The van der Waals surface area contributed by atoms with Gasteiger partial charge in [0.05, 0.1) is 0 Å². The van der Waals surface area contributed by atoms with E-state index in [9.17, 15) is 4.79 Å². The van der Waals surface area contributed by atoms with Crippen molar-refractivity contribution in [3.05, 3.63) is 18.2 Å². The molecule has 0 radical (unpaired) electrons. The molecule has 1 aromatic rings. The Kier molecular flexibility index (Phi) is 7.08. The largest absolute Gasteiger partial charge is 0.337 e. The molecule has 20 heavy (non-hydrogen) atoms. The van der Waals surface area contributed by atoms with Gasteiger partial charge in [0.15, 0.2) is 0 Å². The Morgan fingerprint density at radius 2 is 2.05 bits per heavy atom. The maximum atomic E-state index is 11.9. The topological polar surface area (TPSA) is 53.4 Å². The summed E-state index contributed by atoms with van der Waals surface area (Å²) in [5.41, 5.74) is 0. The summed E-state index contributed by atoms with van der Waals surface area (Å²) in [5, 5.41) is 2.95. The maximum Gasteiger partial charge on any atom is 0.317 e. The number of imidazole rings is 1. The summed E-state index contributed by atoms with van der Waals surface area (Å²) >= 11 is 0. The van der Waals surface area contributed by atoms with Gasteiger partial charge in [0, 0.05) is 45.6 Å². The van der Waals surface area contributed by atoms with Crippen LogP contribution >= 0.6 is 0 Å². The lowest BCUT2D eigenvalue weighted by Gasteiger charge is -2.21. The number of nitrogens with zero attached hydrogens (tertiary/aromatic N) is 4. The number of nitrogens with one attached hydrogen (secondary N) is 1. The SMILES string of the molecule is CCN(CC)CCNC(=O)N(C)CCn1ccnc1C. The first-order chi connectivity index (χ1) is 9.58. The van der Waals surface area contributed by atoms with E-state index in [2.05, 4.69) is 29.0 Å². The number of hydrogen-bond donors (Lipinski definition) is 1. The minimum absolute atomic E-state index is 0.0186. The highest BCUT2D eigenvalue weighted by molar-refractivity contribution is 5.73. The van der Waals surface area contributed by atoms with Crippen molar-refractivity contribution in [2.75, 3.05) is 39.8 Å². The van der Waals surface area contributed by atoms with E-state index >= 15 is 0 Å². The van der Waals surface area contributed by atoms with E-state index < -0.39 is 0 Å². The van der Waals surface area contributed by atoms with Crippen LogP contribution in [0.15, 0.2) is 12.4 Å². The van der Waals surface area contributed by atoms with Crippen LogP contribution in [-0.2, 0) is 6.54 Å². The van der Waals surface area contributed by atoms with E-state index in [4.69, 9.17) is 0 Å². The Balaban J connectivity index is 2.24. The number of carbonyl (C=O) groups is 1. The van der Waals surface area contributed by atoms with E-state index in [1.165, 1.54) is 0 Å². The van der Waals surface area contributed by atoms with Crippen LogP contribution in [0.1, 0.15) is 19.7 Å². The Hall–Kier alpha value is -1.56. The highest BCUT2D eigenvalue weighted by Crippen LogP contribution is 1.96. The van der Waals surface area contributed by atoms with Crippen LogP contribution in [0.2, 0.25) is 0 Å². The summed E-state index contributed by atoms with van der Waals surface area (Å²) in [6.07, 6.45) is 3.71. The standard InChI is InChI=1S/C14H27N5O/c1-5-18(6-2)9-7-16-14(20)17(4)11-12-19-10-8-15-13(19)3/h8,10H,5-7,9,11-12H2,1-4H3,(H,16,20). The number of rotatable bonds is 8. The second kappa shape index (κ2) is 8.58. The molecule has 114 valence electrons. The van der Waals surface area contributed by atoms with E-state index in [-0.39, 0.29) is 6.03 Å². The molecule has 0 aliphatic rings. The Morgan fingerprint density at radius 1 is 1.35 bits per heavy atom. The maximum absolute atomic E-state index is 11.9. The van der Waals surface area contributed by atoms with Gasteiger partial charge >= 0.3 is 6.03 Å². The zero-order valence-electron chi connectivity index (χ0n) is 13.1. The molecule has 0 saturated heterocycles. The summed E-state index contributed by atoms with van der Waals surface area (Å²) in [5.74, 6) is 0.973. The van der Waals surface area contributed by atoms with Crippen molar-refractivity contribution in [1.29, 1.82) is 0 Å². The van der Waals surface area contributed by atoms with E-state index in [0.717, 1.165) is 32.0 Å². The molecule has 1 rings (SSSR count). The van der Waals surface area contributed by atoms with Gasteiger partial charge in [-0.15, -0.1) is 0 Å². The molecule has 0 fully saturated rings.